The predicted octanol–water partition coefficient (Wildman–Crippen LogP) is 1.79. The zero-order valence-corrected chi connectivity index (χ0v) is 5.84. The quantitative estimate of drug-likeness (QED) is 0.561. The highest BCUT2D eigenvalue weighted by molar-refractivity contribution is 6.30. The van der Waals surface area contributed by atoms with Crippen LogP contribution in [0, 0.1) is 6.20 Å². The normalized spacial score (nSPS) is 10.5. The maximum Gasteiger partial charge on any atom is 0.114 e. The van der Waals surface area contributed by atoms with Gasteiger partial charge >= 0.3 is 0 Å². The van der Waals surface area contributed by atoms with Crippen molar-refractivity contribution in [1.29, 1.82) is 0 Å². The van der Waals surface area contributed by atoms with Gasteiger partial charge in [-0.05, 0) is 18.2 Å². The van der Waals surface area contributed by atoms with E-state index in [9.17, 15) is 0 Å². The molecule has 3 heteroatoms. The zero-order chi connectivity index (χ0) is 6.97. The summed E-state index contributed by atoms with van der Waals surface area (Å²) in [5.41, 5.74) is 1.00. The fourth-order valence-electron chi connectivity index (χ4n) is 0.834. The third-order valence-electron chi connectivity index (χ3n) is 1.30. The molecular weight excluding hydrogens is 148 g/mol. The highest BCUT2D eigenvalue weighted by Gasteiger charge is 1.91. The van der Waals surface area contributed by atoms with Crippen molar-refractivity contribution in [3.63, 3.8) is 0 Å². The molecule has 0 spiro atoms. The molecule has 2 rings (SSSR count). The summed E-state index contributed by atoms with van der Waals surface area (Å²) < 4.78 is 1.68. The van der Waals surface area contributed by atoms with E-state index in [-0.39, 0.29) is 0 Å². The van der Waals surface area contributed by atoms with Gasteiger partial charge in [0.05, 0.1) is 10.5 Å². The van der Waals surface area contributed by atoms with Crippen molar-refractivity contribution in [2.45, 2.75) is 0 Å². The van der Waals surface area contributed by atoms with Gasteiger partial charge in [-0.2, -0.15) is 5.10 Å². The van der Waals surface area contributed by atoms with Crippen molar-refractivity contribution < 1.29 is 0 Å². The highest BCUT2D eigenvalue weighted by Crippen LogP contribution is 2.09. The van der Waals surface area contributed by atoms with E-state index in [0.717, 1.165) is 5.52 Å². The molecular formula is C7H4ClN2. The largest absolute Gasteiger partial charge is 0.239 e. The average molecular weight is 152 g/mol. The number of halogens is 1. The fourth-order valence-corrected chi connectivity index (χ4v) is 0.989. The first-order valence-corrected chi connectivity index (χ1v) is 3.25. The standard InChI is InChI=1S/C7H4ClN2/c8-6-1-2-7-3-4-9-10(7)5-6/h1-3,5H. The number of hydrogen-bond donors (Lipinski definition) is 0. The summed E-state index contributed by atoms with van der Waals surface area (Å²) in [6, 6.07) is 5.52. The Bertz CT molecular complexity index is 353. The Morgan fingerprint density at radius 3 is 3.30 bits per heavy atom. The molecule has 2 nitrogen and oxygen atoms in total. The van der Waals surface area contributed by atoms with Gasteiger partial charge in [-0.15, -0.1) is 0 Å². The van der Waals surface area contributed by atoms with Crippen LogP contribution in [-0.4, -0.2) is 9.61 Å². The van der Waals surface area contributed by atoms with E-state index in [1.165, 1.54) is 0 Å². The first-order chi connectivity index (χ1) is 4.86. The van der Waals surface area contributed by atoms with Crippen LogP contribution in [0.3, 0.4) is 0 Å². The lowest BCUT2D eigenvalue weighted by atomic mass is 10.4. The van der Waals surface area contributed by atoms with Gasteiger partial charge in [-0.3, -0.25) is 0 Å². The Kier molecular flexibility index (Phi) is 1.14. The summed E-state index contributed by atoms with van der Waals surface area (Å²) in [6.07, 6.45) is 4.46. The van der Waals surface area contributed by atoms with Gasteiger partial charge in [-0.1, -0.05) is 11.6 Å². The van der Waals surface area contributed by atoms with Crippen molar-refractivity contribution in [3.05, 3.63) is 35.6 Å². The summed E-state index contributed by atoms with van der Waals surface area (Å²) >= 11 is 5.70. The van der Waals surface area contributed by atoms with Crippen LogP contribution in [0.4, 0.5) is 0 Å². The average Bonchev–Trinajstić information content (AvgIpc) is 2.33. The number of pyridine rings is 1. The van der Waals surface area contributed by atoms with Crippen LogP contribution in [-0.2, 0) is 0 Å². The molecule has 0 unspecified atom stereocenters. The summed E-state index contributed by atoms with van der Waals surface area (Å²) in [5.74, 6) is 0. The van der Waals surface area contributed by atoms with Crippen LogP contribution in [0.5, 0.6) is 0 Å². The lowest BCUT2D eigenvalue weighted by Gasteiger charge is -1.91. The van der Waals surface area contributed by atoms with E-state index in [4.69, 9.17) is 11.6 Å². The lowest BCUT2D eigenvalue weighted by molar-refractivity contribution is 0.957. The number of fused-ring (bicyclic) bond motifs is 1. The van der Waals surface area contributed by atoms with E-state index < -0.39 is 0 Å². The minimum atomic E-state index is 0.685. The third kappa shape index (κ3) is 0.772. The number of nitrogens with zero attached hydrogens (tertiary/aromatic N) is 2. The van der Waals surface area contributed by atoms with Crippen molar-refractivity contribution in [3.8, 4) is 0 Å². The Morgan fingerprint density at radius 1 is 1.50 bits per heavy atom. The molecule has 0 atom stereocenters. The number of rotatable bonds is 0. The van der Waals surface area contributed by atoms with Crippen LogP contribution < -0.4 is 0 Å². The second-order valence-corrected chi connectivity index (χ2v) is 2.43. The highest BCUT2D eigenvalue weighted by atomic mass is 35.5. The third-order valence-corrected chi connectivity index (χ3v) is 1.52. The van der Waals surface area contributed by atoms with Gasteiger partial charge in [-0.25, -0.2) is 4.52 Å². The Hall–Kier alpha value is -1.02. The topological polar surface area (TPSA) is 17.3 Å². The Balaban J connectivity index is 2.86. The molecule has 0 aliphatic heterocycles. The van der Waals surface area contributed by atoms with E-state index >= 15 is 0 Å². The number of hydrogen-bond acceptors (Lipinski definition) is 1. The summed E-state index contributed by atoms with van der Waals surface area (Å²) in [7, 11) is 0. The van der Waals surface area contributed by atoms with Crippen LogP contribution >= 0.6 is 11.6 Å². The number of aromatic nitrogens is 2. The van der Waals surface area contributed by atoms with Gasteiger partial charge in [0, 0.05) is 6.20 Å². The van der Waals surface area contributed by atoms with E-state index in [1.54, 1.807) is 16.8 Å². The Labute approximate surface area is 63.0 Å². The molecule has 0 aromatic carbocycles. The van der Waals surface area contributed by atoms with E-state index in [0.29, 0.717) is 5.02 Å². The molecule has 0 saturated carbocycles. The molecule has 2 aromatic heterocycles. The minimum absolute atomic E-state index is 0.685. The first-order valence-electron chi connectivity index (χ1n) is 2.87. The molecule has 0 saturated heterocycles. The molecule has 0 aliphatic carbocycles. The Morgan fingerprint density at radius 2 is 2.40 bits per heavy atom. The molecule has 0 fully saturated rings. The van der Waals surface area contributed by atoms with E-state index in [1.807, 2.05) is 12.1 Å². The smallest absolute Gasteiger partial charge is 0.114 e. The maximum atomic E-state index is 5.70. The van der Waals surface area contributed by atoms with Gasteiger partial charge in [0.2, 0.25) is 0 Å². The monoisotopic (exact) mass is 151 g/mol. The molecule has 0 bridgehead atoms. The lowest BCUT2D eigenvalue weighted by Crippen LogP contribution is -1.83. The molecule has 2 heterocycles. The van der Waals surface area contributed by atoms with Gasteiger partial charge in [0.15, 0.2) is 0 Å². The molecule has 49 valence electrons. The second kappa shape index (κ2) is 1.99. The first kappa shape index (κ1) is 5.74. The second-order valence-electron chi connectivity index (χ2n) is 1.99. The fraction of sp³-hybridized carbons (Fsp3) is 0. The van der Waals surface area contributed by atoms with Crippen LogP contribution in [0.15, 0.2) is 24.4 Å². The van der Waals surface area contributed by atoms with Crippen molar-refractivity contribution in [1.82, 2.24) is 9.61 Å². The summed E-state index contributed by atoms with van der Waals surface area (Å²) in [4.78, 5) is 0. The zero-order valence-electron chi connectivity index (χ0n) is 5.08. The molecule has 0 aliphatic rings. The maximum absolute atomic E-state index is 5.70. The van der Waals surface area contributed by atoms with E-state index in [2.05, 4.69) is 11.3 Å². The van der Waals surface area contributed by atoms with Crippen molar-refractivity contribution >= 4 is 17.1 Å². The molecule has 0 N–H and O–H groups in total. The van der Waals surface area contributed by atoms with Crippen LogP contribution in [0.1, 0.15) is 0 Å². The minimum Gasteiger partial charge on any atom is -0.239 e. The molecule has 10 heavy (non-hydrogen) atoms. The van der Waals surface area contributed by atoms with Gasteiger partial charge in [0.25, 0.3) is 0 Å². The molecule has 1 radical (unpaired) electrons. The van der Waals surface area contributed by atoms with Crippen molar-refractivity contribution in [2.24, 2.45) is 0 Å². The summed E-state index contributed by atoms with van der Waals surface area (Å²) in [5, 5.41) is 4.57. The SMILES string of the molecule is Clc1ccc2c[c]nn2c1. The predicted molar refractivity (Wildman–Crippen MR) is 39.0 cm³/mol. The van der Waals surface area contributed by atoms with Crippen molar-refractivity contribution in [2.75, 3.05) is 0 Å². The molecule has 0 amide bonds. The molecule has 2 aromatic rings. The summed E-state index contributed by atoms with van der Waals surface area (Å²) in [6.45, 7) is 0. The van der Waals surface area contributed by atoms with Crippen LogP contribution in [0.2, 0.25) is 5.02 Å². The van der Waals surface area contributed by atoms with Crippen LogP contribution in [0.25, 0.3) is 5.52 Å². The van der Waals surface area contributed by atoms with Gasteiger partial charge < -0.3 is 0 Å². The van der Waals surface area contributed by atoms with Gasteiger partial charge in [0.1, 0.15) is 6.20 Å².